The maximum atomic E-state index is 11.9. The van der Waals surface area contributed by atoms with Crippen LogP contribution in [0.3, 0.4) is 0 Å². The minimum absolute atomic E-state index is 0.0287. The summed E-state index contributed by atoms with van der Waals surface area (Å²) < 4.78 is 10.6. The molecule has 0 spiro atoms. The van der Waals surface area contributed by atoms with E-state index in [1.165, 1.54) is 11.8 Å². The van der Waals surface area contributed by atoms with Crippen molar-refractivity contribution in [1.82, 2.24) is 15.5 Å². The van der Waals surface area contributed by atoms with E-state index in [2.05, 4.69) is 29.4 Å². The highest BCUT2D eigenvalue weighted by atomic mass is 32.2. The van der Waals surface area contributed by atoms with Crippen molar-refractivity contribution in [3.05, 3.63) is 18.4 Å². The van der Waals surface area contributed by atoms with Crippen LogP contribution in [0.4, 0.5) is 0 Å². The molecule has 1 N–H and O–H groups in total. The van der Waals surface area contributed by atoms with Crippen LogP contribution in [0.2, 0.25) is 0 Å². The topological polar surface area (TPSA) is 81.2 Å². The number of carbonyl (C=O) groups excluding carboxylic acids is 1. The fourth-order valence-corrected chi connectivity index (χ4v) is 2.44. The van der Waals surface area contributed by atoms with Gasteiger partial charge in [-0.1, -0.05) is 25.6 Å². The lowest BCUT2D eigenvalue weighted by Crippen LogP contribution is -2.34. The van der Waals surface area contributed by atoms with Crippen molar-refractivity contribution in [2.24, 2.45) is 5.92 Å². The predicted molar refractivity (Wildman–Crippen MR) is 84.4 cm³/mol. The molecule has 2 aromatic rings. The van der Waals surface area contributed by atoms with Gasteiger partial charge < -0.3 is 14.2 Å². The Morgan fingerprint density at radius 2 is 2.14 bits per heavy atom. The smallest absolute Gasteiger partial charge is 0.284 e. The summed E-state index contributed by atoms with van der Waals surface area (Å²) in [4.78, 5) is 11.9. The van der Waals surface area contributed by atoms with Crippen molar-refractivity contribution in [3.8, 4) is 11.7 Å². The molecule has 0 aliphatic carbocycles. The molecule has 0 radical (unpaired) electrons. The Hall–Kier alpha value is -1.76. The van der Waals surface area contributed by atoms with Crippen LogP contribution < -0.4 is 5.32 Å². The van der Waals surface area contributed by atoms with Gasteiger partial charge in [0.15, 0.2) is 5.76 Å². The normalized spacial score (nSPS) is 12.5. The predicted octanol–water partition coefficient (Wildman–Crippen LogP) is 3.36. The molecule has 2 aromatic heterocycles. The number of rotatable bonds is 8. The second-order valence-electron chi connectivity index (χ2n) is 5.58. The maximum Gasteiger partial charge on any atom is 0.284 e. The third-order valence-corrected chi connectivity index (χ3v) is 3.87. The average Bonchev–Trinajstić information content (AvgIpc) is 3.13. The molecular formula is C15H21N3O3S. The van der Waals surface area contributed by atoms with E-state index < -0.39 is 0 Å². The van der Waals surface area contributed by atoms with Gasteiger partial charge in [0.2, 0.25) is 5.91 Å². The van der Waals surface area contributed by atoms with Gasteiger partial charge in [-0.25, -0.2) is 0 Å². The number of furan rings is 1. The van der Waals surface area contributed by atoms with E-state index in [1.54, 1.807) is 18.4 Å². The molecule has 0 bridgehead atoms. The van der Waals surface area contributed by atoms with E-state index in [0.717, 1.165) is 12.8 Å². The molecule has 2 rings (SSSR count). The van der Waals surface area contributed by atoms with Crippen LogP contribution >= 0.6 is 11.8 Å². The number of thioether (sulfide) groups is 1. The van der Waals surface area contributed by atoms with Crippen LogP contribution in [0.15, 0.2) is 32.5 Å². The fourth-order valence-electron chi connectivity index (χ4n) is 1.87. The standard InChI is InChI=1S/C15H21N3O3S/c1-10(2)6-7-11(3)16-13(19)9-22-15-18-17-14(21-15)12-5-4-8-20-12/h4-5,8,10-11H,6-7,9H2,1-3H3,(H,16,19). The maximum absolute atomic E-state index is 11.9. The number of aromatic nitrogens is 2. The fraction of sp³-hybridized carbons (Fsp3) is 0.533. The van der Waals surface area contributed by atoms with Gasteiger partial charge in [0, 0.05) is 6.04 Å². The number of nitrogens with one attached hydrogen (secondary N) is 1. The summed E-state index contributed by atoms with van der Waals surface area (Å²) in [5.74, 6) is 1.71. The molecule has 1 atom stereocenters. The lowest BCUT2D eigenvalue weighted by molar-refractivity contribution is -0.119. The second kappa shape index (κ2) is 8.03. The van der Waals surface area contributed by atoms with E-state index in [9.17, 15) is 4.79 Å². The number of hydrogen-bond acceptors (Lipinski definition) is 6. The van der Waals surface area contributed by atoms with Gasteiger partial charge >= 0.3 is 0 Å². The lowest BCUT2D eigenvalue weighted by atomic mass is 10.0. The summed E-state index contributed by atoms with van der Waals surface area (Å²) in [6.45, 7) is 6.37. The van der Waals surface area contributed by atoms with Gasteiger partial charge in [0.1, 0.15) is 0 Å². The van der Waals surface area contributed by atoms with Crippen molar-refractivity contribution >= 4 is 17.7 Å². The minimum atomic E-state index is -0.0287. The van der Waals surface area contributed by atoms with Crippen LogP contribution in [0.25, 0.3) is 11.7 Å². The molecule has 7 heteroatoms. The molecule has 6 nitrogen and oxygen atoms in total. The Morgan fingerprint density at radius 1 is 1.32 bits per heavy atom. The Balaban J connectivity index is 1.74. The highest BCUT2D eigenvalue weighted by Gasteiger charge is 2.14. The Bertz CT molecular complexity index is 581. The van der Waals surface area contributed by atoms with Gasteiger partial charge in [0.05, 0.1) is 12.0 Å². The minimum Gasteiger partial charge on any atom is -0.459 e. The summed E-state index contributed by atoms with van der Waals surface area (Å²) in [7, 11) is 0. The van der Waals surface area contributed by atoms with Gasteiger partial charge in [-0.2, -0.15) is 0 Å². The summed E-state index contributed by atoms with van der Waals surface area (Å²) in [5, 5.41) is 11.1. The van der Waals surface area contributed by atoms with E-state index in [-0.39, 0.29) is 17.7 Å². The van der Waals surface area contributed by atoms with Crippen LogP contribution in [0.1, 0.15) is 33.6 Å². The van der Waals surface area contributed by atoms with Gasteiger partial charge in [-0.15, -0.1) is 10.2 Å². The molecule has 0 saturated carbocycles. The molecule has 0 saturated heterocycles. The number of hydrogen-bond donors (Lipinski definition) is 1. The van der Waals surface area contributed by atoms with Crippen molar-refractivity contribution < 1.29 is 13.6 Å². The second-order valence-corrected chi connectivity index (χ2v) is 6.51. The van der Waals surface area contributed by atoms with Gasteiger partial charge in [-0.3, -0.25) is 4.79 Å². The van der Waals surface area contributed by atoms with Crippen LogP contribution in [-0.2, 0) is 4.79 Å². The van der Waals surface area contributed by atoms with Crippen LogP contribution in [0, 0.1) is 5.92 Å². The zero-order valence-corrected chi connectivity index (χ0v) is 13.9. The highest BCUT2D eigenvalue weighted by Crippen LogP contribution is 2.23. The summed E-state index contributed by atoms with van der Waals surface area (Å²) in [6.07, 6.45) is 3.63. The van der Waals surface area contributed by atoms with E-state index in [4.69, 9.17) is 8.83 Å². The number of carbonyl (C=O) groups is 1. The molecule has 1 unspecified atom stereocenters. The van der Waals surface area contributed by atoms with E-state index >= 15 is 0 Å². The van der Waals surface area contributed by atoms with Crippen molar-refractivity contribution in [3.63, 3.8) is 0 Å². The zero-order valence-electron chi connectivity index (χ0n) is 13.0. The largest absolute Gasteiger partial charge is 0.459 e. The third kappa shape index (κ3) is 5.22. The molecule has 0 aliphatic rings. The van der Waals surface area contributed by atoms with Crippen LogP contribution in [0.5, 0.6) is 0 Å². The van der Waals surface area contributed by atoms with Gasteiger partial charge in [0.25, 0.3) is 11.1 Å². The van der Waals surface area contributed by atoms with E-state index in [1.807, 2.05) is 6.92 Å². The Labute approximate surface area is 134 Å². The third-order valence-electron chi connectivity index (χ3n) is 3.05. The molecular weight excluding hydrogens is 302 g/mol. The Kier molecular flexibility index (Phi) is 6.06. The van der Waals surface area contributed by atoms with Gasteiger partial charge in [-0.05, 0) is 37.8 Å². The highest BCUT2D eigenvalue weighted by molar-refractivity contribution is 7.99. The summed E-state index contributed by atoms with van der Waals surface area (Å²) >= 11 is 1.22. The zero-order chi connectivity index (χ0) is 15.9. The average molecular weight is 323 g/mol. The molecule has 22 heavy (non-hydrogen) atoms. The first-order valence-electron chi connectivity index (χ1n) is 7.34. The first-order chi connectivity index (χ1) is 10.5. The van der Waals surface area contributed by atoms with Crippen molar-refractivity contribution in [2.75, 3.05) is 5.75 Å². The lowest BCUT2D eigenvalue weighted by Gasteiger charge is -2.14. The quantitative estimate of drug-likeness (QED) is 0.750. The molecule has 2 heterocycles. The monoisotopic (exact) mass is 323 g/mol. The van der Waals surface area contributed by atoms with E-state index in [0.29, 0.717) is 22.8 Å². The molecule has 0 aromatic carbocycles. The Morgan fingerprint density at radius 3 is 2.82 bits per heavy atom. The first kappa shape index (κ1) is 16.6. The first-order valence-corrected chi connectivity index (χ1v) is 8.32. The number of amides is 1. The van der Waals surface area contributed by atoms with Crippen molar-refractivity contribution in [2.45, 2.75) is 44.9 Å². The van der Waals surface area contributed by atoms with Crippen molar-refractivity contribution in [1.29, 1.82) is 0 Å². The van der Waals surface area contributed by atoms with Crippen LogP contribution in [-0.4, -0.2) is 27.9 Å². The molecule has 1 amide bonds. The molecule has 0 fully saturated rings. The molecule has 0 aliphatic heterocycles. The summed E-state index contributed by atoms with van der Waals surface area (Å²) in [6, 6.07) is 3.67. The number of nitrogens with zero attached hydrogens (tertiary/aromatic N) is 2. The SMILES string of the molecule is CC(C)CCC(C)NC(=O)CSc1nnc(-c2ccco2)o1. The molecule has 120 valence electrons. The summed E-state index contributed by atoms with van der Waals surface area (Å²) in [5.41, 5.74) is 0.